The number of rotatable bonds is 5. The molecule has 0 saturated carbocycles. The summed E-state index contributed by atoms with van der Waals surface area (Å²) in [4.78, 5) is 27.5. The fourth-order valence-electron chi connectivity index (χ4n) is 2.92. The third-order valence-electron chi connectivity index (χ3n) is 4.23. The molecule has 1 aliphatic rings. The van der Waals surface area contributed by atoms with Crippen molar-refractivity contribution < 1.29 is 9.53 Å². The molecule has 1 saturated heterocycles. The number of fused-ring (bicyclic) bond motifs is 1. The number of nitroso groups, excluding NO2 is 1. The number of halogens is 2. The highest BCUT2D eigenvalue weighted by molar-refractivity contribution is 9.10. The zero-order valence-electron chi connectivity index (χ0n) is 13.2. The second-order valence-electron chi connectivity index (χ2n) is 5.97. The van der Waals surface area contributed by atoms with Gasteiger partial charge >= 0.3 is 0 Å². The van der Waals surface area contributed by atoms with Crippen molar-refractivity contribution in [3.8, 4) is 0 Å². The summed E-state index contributed by atoms with van der Waals surface area (Å²) in [5, 5.41) is 12.4. The van der Waals surface area contributed by atoms with E-state index in [1.807, 2.05) is 0 Å². The molecule has 2 aromatic rings. The Labute approximate surface area is 157 Å². The number of carbonyl (C=O) groups is 1. The van der Waals surface area contributed by atoms with Gasteiger partial charge in [0.2, 0.25) is 0 Å². The van der Waals surface area contributed by atoms with Gasteiger partial charge in [0.25, 0.3) is 0 Å². The van der Waals surface area contributed by atoms with Gasteiger partial charge in [0.15, 0.2) is 5.78 Å². The third kappa shape index (κ3) is 3.96. The highest BCUT2D eigenvalue weighted by atomic mass is 79.9. The predicted molar refractivity (Wildman–Crippen MR) is 96.5 cm³/mol. The Balaban J connectivity index is 1.79. The first-order valence-electron chi connectivity index (χ1n) is 7.84. The second kappa shape index (κ2) is 7.72. The molecule has 9 heteroatoms. The number of carbonyl (C=O) groups excluding carboxylic acids is 1. The third-order valence-corrected chi connectivity index (χ3v) is 5.43. The van der Waals surface area contributed by atoms with E-state index in [0.29, 0.717) is 33.4 Å². The number of aromatic nitrogens is 2. The second-order valence-corrected chi connectivity index (χ2v) is 7.23. The van der Waals surface area contributed by atoms with Gasteiger partial charge in [-0.2, -0.15) is 4.91 Å². The van der Waals surface area contributed by atoms with Crippen molar-refractivity contribution in [3.63, 3.8) is 0 Å². The molecule has 3 rings (SSSR count). The van der Waals surface area contributed by atoms with Crippen LogP contribution in [-0.2, 0) is 16.1 Å². The lowest BCUT2D eigenvalue weighted by molar-refractivity contribution is -0.123. The number of benzene rings is 1. The van der Waals surface area contributed by atoms with Crippen molar-refractivity contribution in [1.29, 1.82) is 5.41 Å². The lowest BCUT2D eigenvalue weighted by atomic mass is 9.99. The first-order valence-corrected chi connectivity index (χ1v) is 9.01. The summed E-state index contributed by atoms with van der Waals surface area (Å²) in [7, 11) is 0. The minimum Gasteiger partial charge on any atom is -0.375 e. The average Bonchev–Trinajstić information content (AvgIpc) is 2.60. The smallest absolute Gasteiger partial charge is 0.155 e. The number of ketones is 1. The SMILES string of the molecule is N=c1c2cc(Cl)c(Br)cc2ncn1CC(=O)CC1OCCCC1N=O. The fourth-order valence-corrected chi connectivity index (χ4v) is 3.41. The van der Waals surface area contributed by atoms with E-state index >= 15 is 0 Å². The largest absolute Gasteiger partial charge is 0.375 e. The molecule has 0 radical (unpaired) electrons. The van der Waals surface area contributed by atoms with Crippen molar-refractivity contribution >= 4 is 44.2 Å². The summed E-state index contributed by atoms with van der Waals surface area (Å²) >= 11 is 9.41. The maximum Gasteiger partial charge on any atom is 0.155 e. The van der Waals surface area contributed by atoms with Gasteiger partial charge in [-0.3, -0.25) is 10.2 Å². The van der Waals surface area contributed by atoms with Gasteiger partial charge < -0.3 is 9.30 Å². The van der Waals surface area contributed by atoms with Crippen LogP contribution in [0.3, 0.4) is 0 Å². The zero-order valence-corrected chi connectivity index (χ0v) is 15.6. The minimum absolute atomic E-state index is 0.0130. The quantitative estimate of drug-likeness (QED) is 0.741. The molecule has 7 nitrogen and oxygen atoms in total. The van der Waals surface area contributed by atoms with E-state index in [9.17, 15) is 9.70 Å². The molecular formula is C16H16BrClN4O3. The number of nitrogens with zero attached hydrogens (tertiary/aromatic N) is 3. The standard InChI is InChI=1S/C16H16BrClN4O3/c17-11-6-14-10(5-12(11)18)16(19)22(8-20-14)7-9(23)4-15-13(21-24)2-1-3-25-15/h5-6,8,13,15,19H,1-4,7H2. The van der Waals surface area contributed by atoms with Gasteiger partial charge in [-0.1, -0.05) is 16.8 Å². The Bertz CT molecular complexity index is 886. The normalized spacial score (nSPS) is 20.6. The first-order chi connectivity index (χ1) is 12.0. The topological polar surface area (TPSA) is 97.4 Å². The summed E-state index contributed by atoms with van der Waals surface area (Å²) in [6, 6.07) is 2.90. The Morgan fingerprint density at radius 2 is 2.32 bits per heavy atom. The first kappa shape index (κ1) is 18.2. The van der Waals surface area contributed by atoms with Gasteiger partial charge in [-0.15, -0.1) is 0 Å². The van der Waals surface area contributed by atoms with Crippen LogP contribution in [0.4, 0.5) is 0 Å². The van der Waals surface area contributed by atoms with Gasteiger partial charge in [0.05, 0.1) is 29.5 Å². The number of nitrogens with one attached hydrogen (secondary N) is 1. The highest BCUT2D eigenvalue weighted by Gasteiger charge is 2.29. The lowest BCUT2D eigenvalue weighted by Gasteiger charge is -2.26. The van der Waals surface area contributed by atoms with Gasteiger partial charge in [-0.05, 0) is 40.9 Å². The molecule has 0 aliphatic carbocycles. The fraction of sp³-hybridized carbons (Fsp3) is 0.438. The Morgan fingerprint density at radius 3 is 3.08 bits per heavy atom. The van der Waals surface area contributed by atoms with Gasteiger partial charge in [-0.25, -0.2) is 4.98 Å². The molecule has 2 unspecified atom stereocenters. The monoisotopic (exact) mass is 426 g/mol. The summed E-state index contributed by atoms with van der Waals surface area (Å²) < 4.78 is 7.67. The van der Waals surface area contributed by atoms with Crippen molar-refractivity contribution in [2.45, 2.75) is 38.0 Å². The molecule has 1 fully saturated rings. The van der Waals surface area contributed by atoms with E-state index in [0.717, 1.165) is 6.42 Å². The summed E-state index contributed by atoms with van der Waals surface area (Å²) in [6.45, 7) is 0.520. The van der Waals surface area contributed by atoms with E-state index in [-0.39, 0.29) is 24.2 Å². The molecule has 25 heavy (non-hydrogen) atoms. The van der Waals surface area contributed by atoms with Crippen molar-refractivity contribution in [2.75, 3.05) is 6.61 Å². The molecule has 0 spiro atoms. The van der Waals surface area contributed by atoms with E-state index in [1.54, 1.807) is 12.1 Å². The lowest BCUT2D eigenvalue weighted by Crippen LogP contribution is -2.36. The Kier molecular flexibility index (Phi) is 5.61. The molecule has 1 aromatic heterocycles. The van der Waals surface area contributed by atoms with Crippen LogP contribution in [0.5, 0.6) is 0 Å². The maximum atomic E-state index is 12.4. The van der Waals surface area contributed by atoms with Gasteiger partial charge in [0, 0.05) is 22.9 Å². The van der Waals surface area contributed by atoms with Crippen LogP contribution in [0.2, 0.25) is 5.02 Å². The predicted octanol–water partition coefficient (Wildman–Crippen LogP) is 3.20. The van der Waals surface area contributed by atoms with Crippen molar-refractivity contribution in [1.82, 2.24) is 9.55 Å². The van der Waals surface area contributed by atoms with E-state index in [4.69, 9.17) is 21.7 Å². The van der Waals surface area contributed by atoms with E-state index in [2.05, 4.69) is 26.1 Å². The zero-order chi connectivity index (χ0) is 18.0. The van der Waals surface area contributed by atoms with Crippen LogP contribution in [0.15, 0.2) is 28.1 Å². The number of Topliss-reactive ketones (excluding diaryl/α,β-unsaturated/α-hetero) is 1. The molecule has 1 aromatic carbocycles. The highest BCUT2D eigenvalue weighted by Crippen LogP contribution is 2.25. The van der Waals surface area contributed by atoms with Crippen LogP contribution in [0.25, 0.3) is 10.9 Å². The molecular weight excluding hydrogens is 412 g/mol. The number of ether oxygens (including phenoxy) is 1. The van der Waals surface area contributed by atoms with Crippen LogP contribution >= 0.6 is 27.5 Å². The van der Waals surface area contributed by atoms with Crippen LogP contribution in [-0.4, -0.2) is 34.1 Å². The molecule has 2 atom stereocenters. The summed E-state index contributed by atoms with van der Waals surface area (Å²) in [6.07, 6.45) is 2.50. The van der Waals surface area contributed by atoms with Crippen LogP contribution < -0.4 is 5.49 Å². The number of hydrogen-bond acceptors (Lipinski definition) is 6. The van der Waals surface area contributed by atoms with Gasteiger partial charge in [0.1, 0.15) is 11.5 Å². The van der Waals surface area contributed by atoms with Crippen LogP contribution in [0.1, 0.15) is 19.3 Å². The summed E-state index contributed by atoms with van der Waals surface area (Å²) in [5.41, 5.74) is 0.771. The van der Waals surface area contributed by atoms with E-state index in [1.165, 1.54) is 10.9 Å². The molecule has 1 aliphatic heterocycles. The molecule has 0 amide bonds. The molecule has 0 bridgehead atoms. The number of hydrogen-bond donors (Lipinski definition) is 1. The Hall–Kier alpha value is -1.64. The van der Waals surface area contributed by atoms with Crippen LogP contribution in [0, 0.1) is 10.3 Å². The van der Waals surface area contributed by atoms with E-state index < -0.39 is 12.1 Å². The molecule has 2 heterocycles. The maximum absolute atomic E-state index is 12.4. The Morgan fingerprint density at radius 1 is 1.52 bits per heavy atom. The molecule has 132 valence electrons. The van der Waals surface area contributed by atoms with Crippen molar-refractivity contribution in [2.24, 2.45) is 5.18 Å². The average molecular weight is 428 g/mol. The molecule has 1 N–H and O–H groups in total. The van der Waals surface area contributed by atoms with Crippen molar-refractivity contribution in [3.05, 3.63) is 38.4 Å². The summed E-state index contributed by atoms with van der Waals surface area (Å²) in [5.74, 6) is -0.136. The minimum atomic E-state index is -0.482.